The standard InChI is InChI=1S/C19H22O2/c1-3-14-5-9-16(10-6-14)18(13-19(20)21)17-11-7-15(4-2)8-12-17/h5-12,18H,3-4,13H2,1-2H3,(H,20,21). The van der Waals surface area contributed by atoms with E-state index in [0.717, 1.165) is 24.0 Å². The molecule has 21 heavy (non-hydrogen) atoms. The Morgan fingerprint density at radius 1 is 0.857 bits per heavy atom. The van der Waals surface area contributed by atoms with Crippen molar-refractivity contribution in [1.29, 1.82) is 0 Å². The summed E-state index contributed by atoms with van der Waals surface area (Å²) in [6.07, 6.45) is 2.11. The highest BCUT2D eigenvalue weighted by Gasteiger charge is 2.17. The second kappa shape index (κ2) is 7.07. The summed E-state index contributed by atoms with van der Waals surface area (Å²) in [5.41, 5.74) is 4.68. The third-order valence-electron chi connectivity index (χ3n) is 3.96. The Morgan fingerprint density at radius 3 is 1.52 bits per heavy atom. The number of hydrogen-bond donors (Lipinski definition) is 1. The van der Waals surface area contributed by atoms with Crippen LogP contribution in [0.25, 0.3) is 0 Å². The Morgan fingerprint density at radius 2 is 1.24 bits per heavy atom. The predicted octanol–water partition coefficient (Wildman–Crippen LogP) is 4.42. The van der Waals surface area contributed by atoms with Gasteiger partial charge in [0.25, 0.3) is 0 Å². The van der Waals surface area contributed by atoms with Crippen LogP contribution in [0.2, 0.25) is 0 Å². The van der Waals surface area contributed by atoms with Crippen LogP contribution in [-0.4, -0.2) is 11.1 Å². The molecule has 0 heterocycles. The fourth-order valence-electron chi connectivity index (χ4n) is 2.57. The van der Waals surface area contributed by atoms with E-state index in [9.17, 15) is 9.90 Å². The average Bonchev–Trinajstić information content (AvgIpc) is 2.53. The van der Waals surface area contributed by atoms with Gasteiger partial charge in [0.05, 0.1) is 6.42 Å². The second-order valence-corrected chi connectivity index (χ2v) is 5.34. The zero-order valence-electron chi connectivity index (χ0n) is 12.7. The molecule has 0 saturated carbocycles. The van der Waals surface area contributed by atoms with Crippen molar-refractivity contribution < 1.29 is 9.90 Å². The molecule has 0 atom stereocenters. The molecule has 1 N–H and O–H groups in total. The predicted molar refractivity (Wildman–Crippen MR) is 85.7 cm³/mol. The first-order valence-electron chi connectivity index (χ1n) is 7.53. The number of carbonyl (C=O) groups is 1. The second-order valence-electron chi connectivity index (χ2n) is 5.34. The number of hydrogen-bond acceptors (Lipinski definition) is 1. The van der Waals surface area contributed by atoms with Crippen molar-refractivity contribution in [2.45, 2.75) is 39.0 Å². The Hall–Kier alpha value is -2.09. The fourth-order valence-corrected chi connectivity index (χ4v) is 2.57. The lowest BCUT2D eigenvalue weighted by molar-refractivity contribution is -0.137. The summed E-state index contributed by atoms with van der Waals surface area (Å²) in [6.45, 7) is 4.24. The summed E-state index contributed by atoms with van der Waals surface area (Å²) in [7, 11) is 0. The molecule has 0 aliphatic heterocycles. The first kappa shape index (κ1) is 15.3. The number of carboxylic acids is 1. The number of carboxylic acid groups (broad SMARTS) is 1. The van der Waals surface area contributed by atoms with Gasteiger partial charge in [-0.3, -0.25) is 4.79 Å². The molecule has 0 aromatic heterocycles. The maximum Gasteiger partial charge on any atom is 0.304 e. The minimum atomic E-state index is -0.765. The topological polar surface area (TPSA) is 37.3 Å². The van der Waals surface area contributed by atoms with Crippen molar-refractivity contribution in [3.8, 4) is 0 Å². The summed E-state index contributed by atoms with van der Waals surface area (Å²) >= 11 is 0. The molecule has 2 heteroatoms. The maximum atomic E-state index is 11.2. The quantitative estimate of drug-likeness (QED) is 0.851. The van der Waals surface area contributed by atoms with Crippen molar-refractivity contribution >= 4 is 5.97 Å². The van der Waals surface area contributed by atoms with E-state index in [2.05, 4.69) is 62.4 Å². The van der Waals surface area contributed by atoms with Crippen LogP contribution in [0.5, 0.6) is 0 Å². The van der Waals surface area contributed by atoms with Gasteiger partial charge in [-0.25, -0.2) is 0 Å². The van der Waals surface area contributed by atoms with E-state index in [4.69, 9.17) is 0 Å². The van der Waals surface area contributed by atoms with Gasteiger partial charge in [-0.1, -0.05) is 62.4 Å². The summed E-state index contributed by atoms with van der Waals surface area (Å²) in [6, 6.07) is 16.6. The molecule has 2 aromatic rings. The summed E-state index contributed by atoms with van der Waals surface area (Å²) < 4.78 is 0. The lowest BCUT2D eigenvalue weighted by Gasteiger charge is -2.17. The van der Waals surface area contributed by atoms with Gasteiger partial charge in [0.1, 0.15) is 0 Å². The van der Waals surface area contributed by atoms with Crippen molar-refractivity contribution in [3.63, 3.8) is 0 Å². The lowest BCUT2D eigenvalue weighted by atomic mass is 9.87. The van der Waals surface area contributed by atoms with Crippen LogP contribution in [0, 0.1) is 0 Å². The molecular weight excluding hydrogens is 260 g/mol. The molecule has 0 amide bonds. The van der Waals surface area contributed by atoms with Gasteiger partial charge in [0.2, 0.25) is 0 Å². The van der Waals surface area contributed by atoms with Crippen LogP contribution < -0.4 is 0 Å². The highest BCUT2D eigenvalue weighted by Crippen LogP contribution is 2.28. The summed E-state index contributed by atoms with van der Waals surface area (Å²) in [4.78, 5) is 11.2. The fraction of sp³-hybridized carbons (Fsp3) is 0.316. The molecule has 0 spiro atoms. The smallest absolute Gasteiger partial charge is 0.304 e. The van der Waals surface area contributed by atoms with E-state index in [1.165, 1.54) is 11.1 Å². The van der Waals surface area contributed by atoms with Gasteiger partial charge < -0.3 is 5.11 Å². The molecule has 0 aliphatic rings. The van der Waals surface area contributed by atoms with Crippen molar-refractivity contribution in [3.05, 3.63) is 70.8 Å². The van der Waals surface area contributed by atoms with Crippen molar-refractivity contribution in [2.24, 2.45) is 0 Å². The van der Waals surface area contributed by atoms with E-state index in [1.807, 2.05) is 0 Å². The maximum absolute atomic E-state index is 11.2. The minimum Gasteiger partial charge on any atom is -0.481 e. The molecular formula is C19H22O2. The largest absolute Gasteiger partial charge is 0.481 e. The molecule has 110 valence electrons. The molecule has 0 radical (unpaired) electrons. The average molecular weight is 282 g/mol. The Kier molecular flexibility index (Phi) is 5.15. The van der Waals surface area contributed by atoms with Gasteiger partial charge >= 0.3 is 5.97 Å². The summed E-state index contributed by atoms with van der Waals surface area (Å²) in [5, 5.41) is 9.21. The Labute approximate surface area is 126 Å². The lowest BCUT2D eigenvalue weighted by Crippen LogP contribution is -2.08. The van der Waals surface area contributed by atoms with Gasteiger partial charge in [-0.05, 0) is 35.1 Å². The van der Waals surface area contributed by atoms with Gasteiger partial charge in [0, 0.05) is 5.92 Å². The van der Waals surface area contributed by atoms with Crippen molar-refractivity contribution in [1.82, 2.24) is 0 Å². The zero-order chi connectivity index (χ0) is 15.2. The number of rotatable bonds is 6. The van der Waals surface area contributed by atoms with Crippen LogP contribution in [0.4, 0.5) is 0 Å². The van der Waals surface area contributed by atoms with Crippen LogP contribution in [0.3, 0.4) is 0 Å². The van der Waals surface area contributed by atoms with E-state index in [0.29, 0.717) is 0 Å². The molecule has 0 aliphatic carbocycles. The molecule has 0 bridgehead atoms. The van der Waals surface area contributed by atoms with Crippen LogP contribution in [-0.2, 0) is 17.6 Å². The Balaban J connectivity index is 2.33. The van der Waals surface area contributed by atoms with E-state index in [-0.39, 0.29) is 12.3 Å². The molecule has 0 fully saturated rings. The SMILES string of the molecule is CCc1ccc(C(CC(=O)O)c2ccc(CC)cc2)cc1. The molecule has 2 aromatic carbocycles. The van der Waals surface area contributed by atoms with Gasteiger partial charge in [0.15, 0.2) is 0 Å². The number of aliphatic carboxylic acids is 1. The first-order chi connectivity index (χ1) is 10.1. The number of benzene rings is 2. The highest BCUT2D eigenvalue weighted by molar-refractivity contribution is 5.69. The third-order valence-corrected chi connectivity index (χ3v) is 3.96. The molecule has 2 nitrogen and oxygen atoms in total. The molecule has 0 saturated heterocycles. The van der Waals surface area contributed by atoms with Crippen LogP contribution >= 0.6 is 0 Å². The monoisotopic (exact) mass is 282 g/mol. The summed E-state index contributed by atoms with van der Waals surface area (Å²) in [5.74, 6) is -0.849. The molecule has 0 unspecified atom stereocenters. The normalized spacial score (nSPS) is 10.8. The molecule has 2 rings (SSSR count). The minimum absolute atomic E-state index is 0.0840. The van der Waals surface area contributed by atoms with Crippen LogP contribution in [0.15, 0.2) is 48.5 Å². The van der Waals surface area contributed by atoms with E-state index < -0.39 is 5.97 Å². The van der Waals surface area contributed by atoms with Crippen LogP contribution in [0.1, 0.15) is 48.4 Å². The zero-order valence-corrected chi connectivity index (χ0v) is 12.7. The van der Waals surface area contributed by atoms with E-state index >= 15 is 0 Å². The first-order valence-corrected chi connectivity index (χ1v) is 7.53. The third kappa shape index (κ3) is 3.94. The number of aryl methyl sites for hydroxylation is 2. The van der Waals surface area contributed by atoms with Gasteiger partial charge in [-0.2, -0.15) is 0 Å². The highest BCUT2D eigenvalue weighted by atomic mass is 16.4. The van der Waals surface area contributed by atoms with Crippen molar-refractivity contribution in [2.75, 3.05) is 0 Å². The van der Waals surface area contributed by atoms with Gasteiger partial charge in [-0.15, -0.1) is 0 Å². The Bertz CT molecular complexity index is 534. The van der Waals surface area contributed by atoms with E-state index in [1.54, 1.807) is 0 Å².